The number of hydrogen-bond donors (Lipinski definition) is 1. The van der Waals surface area contributed by atoms with Gasteiger partial charge in [-0.15, -0.1) is 13.2 Å². The van der Waals surface area contributed by atoms with E-state index in [1.807, 2.05) is 36.4 Å². The van der Waals surface area contributed by atoms with Gasteiger partial charge < -0.3 is 5.11 Å². The van der Waals surface area contributed by atoms with E-state index < -0.39 is 5.97 Å². The molecule has 1 N–H and O–H groups in total. The lowest BCUT2D eigenvalue weighted by molar-refractivity contribution is 0.0699. The van der Waals surface area contributed by atoms with Crippen LogP contribution < -0.4 is 0 Å². The SMILES string of the molecule is C=CCc1ccc2c(C(=O)O)ccc(CC=C)c2c1. The minimum Gasteiger partial charge on any atom is -0.478 e. The van der Waals surface area contributed by atoms with Crippen LogP contribution in [0.3, 0.4) is 0 Å². The topological polar surface area (TPSA) is 37.3 Å². The third-order valence-corrected chi connectivity index (χ3v) is 3.15. The summed E-state index contributed by atoms with van der Waals surface area (Å²) in [5.41, 5.74) is 2.57. The molecule has 0 aliphatic heterocycles. The molecule has 0 amide bonds. The smallest absolute Gasteiger partial charge is 0.336 e. The Morgan fingerprint density at radius 2 is 1.79 bits per heavy atom. The molecule has 0 spiro atoms. The summed E-state index contributed by atoms with van der Waals surface area (Å²) in [5.74, 6) is -0.897. The molecule has 0 saturated heterocycles. The fourth-order valence-corrected chi connectivity index (χ4v) is 2.27. The molecule has 0 fully saturated rings. The Morgan fingerprint density at radius 1 is 1.05 bits per heavy atom. The number of hydrogen-bond acceptors (Lipinski definition) is 1. The van der Waals surface area contributed by atoms with Crippen LogP contribution in [0.25, 0.3) is 10.8 Å². The number of carboxylic acids is 1. The van der Waals surface area contributed by atoms with E-state index in [4.69, 9.17) is 0 Å². The Labute approximate surface area is 112 Å². The highest BCUT2D eigenvalue weighted by Gasteiger charge is 2.11. The maximum Gasteiger partial charge on any atom is 0.336 e. The van der Waals surface area contributed by atoms with Gasteiger partial charge in [0, 0.05) is 0 Å². The summed E-state index contributed by atoms with van der Waals surface area (Å²) in [6.07, 6.45) is 5.18. The highest BCUT2D eigenvalue weighted by Crippen LogP contribution is 2.25. The van der Waals surface area contributed by atoms with Gasteiger partial charge in [-0.2, -0.15) is 0 Å². The zero-order chi connectivity index (χ0) is 13.8. The Balaban J connectivity index is 2.72. The minimum atomic E-state index is -0.897. The second-order valence-corrected chi connectivity index (χ2v) is 4.44. The van der Waals surface area contributed by atoms with Gasteiger partial charge in [-0.25, -0.2) is 4.79 Å². The van der Waals surface area contributed by atoms with Crippen molar-refractivity contribution in [3.05, 3.63) is 72.3 Å². The van der Waals surface area contributed by atoms with Crippen LogP contribution in [0, 0.1) is 0 Å². The van der Waals surface area contributed by atoms with Crippen molar-refractivity contribution in [2.24, 2.45) is 0 Å². The molecule has 2 aromatic rings. The number of fused-ring (bicyclic) bond motifs is 1. The van der Waals surface area contributed by atoms with Gasteiger partial charge in [-0.1, -0.05) is 36.4 Å². The van der Waals surface area contributed by atoms with Crippen molar-refractivity contribution in [3.8, 4) is 0 Å². The zero-order valence-corrected chi connectivity index (χ0v) is 10.7. The Bertz CT molecular complexity index is 654. The van der Waals surface area contributed by atoms with E-state index in [1.54, 1.807) is 6.07 Å². The van der Waals surface area contributed by atoms with Crippen molar-refractivity contribution in [2.75, 3.05) is 0 Å². The third kappa shape index (κ3) is 2.58. The average molecular weight is 252 g/mol. The molecule has 0 atom stereocenters. The molecule has 0 heterocycles. The minimum absolute atomic E-state index is 0.341. The predicted octanol–water partition coefficient (Wildman–Crippen LogP) is 4.00. The van der Waals surface area contributed by atoms with Crippen molar-refractivity contribution in [1.82, 2.24) is 0 Å². The lowest BCUT2D eigenvalue weighted by Crippen LogP contribution is -1.99. The van der Waals surface area contributed by atoms with Crippen molar-refractivity contribution in [1.29, 1.82) is 0 Å². The molecule has 0 radical (unpaired) electrons. The number of aromatic carboxylic acids is 1. The van der Waals surface area contributed by atoms with Crippen LogP contribution in [0.15, 0.2) is 55.6 Å². The Hall–Kier alpha value is -2.35. The molecular formula is C17H16O2. The van der Waals surface area contributed by atoms with E-state index in [0.717, 1.165) is 34.7 Å². The summed E-state index contributed by atoms with van der Waals surface area (Å²) < 4.78 is 0. The number of allylic oxidation sites excluding steroid dienone is 2. The quantitative estimate of drug-likeness (QED) is 0.817. The van der Waals surface area contributed by atoms with Crippen LogP contribution in [0.4, 0.5) is 0 Å². The van der Waals surface area contributed by atoms with Gasteiger partial charge in [0.15, 0.2) is 0 Å². The maximum absolute atomic E-state index is 11.3. The maximum atomic E-state index is 11.3. The fourth-order valence-electron chi connectivity index (χ4n) is 2.27. The highest BCUT2D eigenvalue weighted by atomic mass is 16.4. The lowest BCUT2D eigenvalue weighted by Gasteiger charge is -2.09. The van der Waals surface area contributed by atoms with Crippen LogP contribution >= 0.6 is 0 Å². The lowest BCUT2D eigenvalue weighted by atomic mass is 9.95. The standard InChI is InChI=1S/C17H16O2/c1-3-5-12-7-9-14-15(17(18)19)10-8-13(6-4-2)16(14)11-12/h3-4,7-11H,1-2,5-6H2,(H,18,19). The average Bonchev–Trinajstić information content (AvgIpc) is 2.39. The molecule has 2 nitrogen and oxygen atoms in total. The number of carboxylic acid groups (broad SMARTS) is 1. The van der Waals surface area contributed by atoms with Crippen molar-refractivity contribution < 1.29 is 9.90 Å². The highest BCUT2D eigenvalue weighted by molar-refractivity contribution is 6.04. The molecule has 0 saturated carbocycles. The van der Waals surface area contributed by atoms with Gasteiger partial charge in [0.05, 0.1) is 5.56 Å². The first kappa shape index (κ1) is 13.1. The number of rotatable bonds is 5. The van der Waals surface area contributed by atoms with Gasteiger partial charge >= 0.3 is 5.97 Å². The third-order valence-electron chi connectivity index (χ3n) is 3.15. The summed E-state index contributed by atoms with van der Waals surface area (Å²) in [6.45, 7) is 7.48. The van der Waals surface area contributed by atoms with Gasteiger partial charge in [0.1, 0.15) is 0 Å². The molecule has 2 aromatic carbocycles. The van der Waals surface area contributed by atoms with Crippen LogP contribution in [0.1, 0.15) is 21.5 Å². The second kappa shape index (κ2) is 5.53. The van der Waals surface area contributed by atoms with Crippen molar-refractivity contribution >= 4 is 16.7 Å². The molecule has 2 rings (SSSR count). The first-order valence-corrected chi connectivity index (χ1v) is 6.17. The largest absolute Gasteiger partial charge is 0.478 e. The van der Waals surface area contributed by atoms with E-state index in [0.29, 0.717) is 5.56 Å². The van der Waals surface area contributed by atoms with E-state index in [-0.39, 0.29) is 0 Å². The molecule has 96 valence electrons. The first-order valence-electron chi connectivity index (χ1n) is 6.17. The monoisotopic (exact) mass is 252 g/mol. The van der Waals surface area contributed by atoms with Crippen LogP contribution in [-0.4, -0.2) is 11.1 Å². The van der Waals surface area contributed by atoms with E-state index in [2.05, 4.69) is 13.2 Å². The second-order valence-electron chi connectivity index (χ2n) is 4.44. The Morgan fingerprint density at radius 3 is 2.42 bits per heavy atom. The molecule has 2 heteroatoms. The molecule has 0 bridgehead atoms. The predicted molar refractivity (Wildman–Crippen MR) is 78.7 cm³/mol. The van der Waals surface area contributed by atoms with Gasteiger partial charge in [-0.05, 0) is 40.8 Å². The van der Waals surface area contributed by atoms with Crippen LogP contribution in [-0.2, 0) is 12.8 Å². The zero-order valence-electron chi connectivity index (χ0n) is 10.7. The van der Waals surface area contributed by atoms with Crippen LogP contribution in [0.5, 0.6) is 0 Å². The van der Waals surface area contributed by atoms with Gasteiger partial charge in [0.2, 0.25) is 0 Å². The fraction of sp³-hybridized carbons (Fsp3) is 0.118. The number of carbonyl (C=O) groups is 1. The van der Waals surface area contributed by atoms with Crippen molar-refractivity contribution in [3.63, 3.8) is 0 Å². The molecule has 19 heavy (non-hydrogen) atoms. The molecular weight excluding hydrogens is 236 g/mol. The summed E-state index contributed by atoms with van der Waals surface area (Å²) >= 11 is 0. The molecule has 0 aliphatic rings. The molecule has 0 aromatic heterocycles. The van der Waals surface area contributed by atoms with Crippen molar-refractivity contribution in [2.45, 2.75) is 12.8 Å². The first-order chi connectivity index (χ1) is 9.17. The van der Waals surface area contributed by atoms with Crippen LogP contribution in [0.2, 0.25) is 0 Å². The summed E-state index contributed by atoms with van der Waals surface area (Å²) in [5, 5.41) is 11.0. The number of benzene rings is 2. The normalized spacial score (nSPS) is 10.3. The van der Waals surface area contributed by atoms with E-state index in [1.165, 1.54) is 0 Å². The molecule has 0 aliphatic carbocycles. The summed E-state index contributed by atoms with van der Waals surface area (Å²) in [6, 6.07) is 9.41. The van der Waals surface area contributed by atoms with Gasteiger partial charge in [-0.3, -0.25) is 0 Å². The Kier molecular flexibility index (Phi) is 3.81. The molecule has 0 unspecified atom stereocenters. The van der Waals surface area contributed by atoms with E-state index >= 15 is 0 Å². The summed E-state index contributed by atoms with van der Waals surface area (Å²) in [4.78, 5) is 11.3. The van der Waals surface area contributed by atoms with Gasteiger partial charge in [0.25, 0.3) is 0 Å². The summed E-state index contributed by atoms with van der Waals surface area (Å²) in [7, 11) is 0. The van der Waals surface area contributed by atoms with E-state index in [9.17, 15) is 9.90 Å².